The van der Waals surface area contributed by atoms with Crippen LogP contribution in [-0.4, -0.2) is 27.5 Å². The van der Waals surface area contributed by atoms with Crippen molar-refractivity contribution >= 4 is 23.4 Å². The number of carbonyl (C=O) groups excluding carboxylic acids is 1. The zero-order valence-corrected chi connectivity index (χ0v) is 13.8. The number of nitrogens with two attached hydrogens (primary N) is 2. The number of rotatable bonds is 6. The van der Waals surface area contributed by atoms with Crippen molar-refractivity contribution in [3.05, 3.63) is 41.6 Å². The number of nitrogens with zero attached hydrogens (tertiary/aromatic N) is 2. The fourth-order valence-corrected chi connectivity index (χ4v) is 2.50. The molecule has 1 fully saturated rings. The minimum Gasteiger partial charge on any atom is -0.365 e. The molecule has 1 amide bonds. The lowest BCUT2D eigenvalue weighted by molar-refractivity contribution is 0.100. The largest absolute Gasteiger partial charge is 0.365 e. The van der Waals surface area contributed by atoms with Gasteiger partial charge in [0.15, 0.2) is 0 Å². The smallest absolute Gasteiger partial charge is 0.254 e. The highest BCUT2D eigenvalue weighted by molar-refractivity contribution is 5.98. The summed E-state index contributed by atoms with van der Waals surface area (Å²) >= 11 is 0. The van der Waals surface area contributed by atoms with Gasteiger partial charge in [0.1, 0.15) is 11.4 Å². The lowest BCUT2D eigenvalue weighted by Gasteiger charge is -2.21. The highest BCUT2D eigenvalue weighted by Crippen LogP contribution is 2.36. The summed E-state index contributed by atoms with van der Waals surface area (Å²) in [6.45, 7) is 4.00. The molecule has 0 saturated heterocycles. The van der Waals surface area contributed by atoms with Crippen molar-refractivity contribution in [2.75, 3.05) is 10.6 Å². The maximum absolute atomic E-state index is 11.6. The van der Waals surface area contributed by atoms with E-state index in [-0.39, 0.29) is 17.1 Å². The number of benzene rings is 1. The highest BCUT2D eigenvalue weighted by Gasteiger charge is 2.43. The number of aromatic nitrogens is 2. The zero-order valence-electron chi connectivity index (χ0n) is 13.8. The summed E-state index contributed by atoms with van der Waals surface area (Å²) in [5.74, 6) is 0.210. The van der Waals surface area contributed by atoms with Crippen LogP contribution in [0.3, 0.4) is 0 Å². The SMILES string of the molecule is Cc1cccc(Nc2nc(NC(C)C3(N)CC3)ncc2C(N)=O)c1. The molecular weight excluding hydrogens is 304 g/mol. The van der Waals surface area contributed by atoms with Gasteiger partial charge in [0, 0.05) is 23.5 Å². The number of amides is 1. The van der Waals surface area contributed by atoms with Gasteiger partial charge >= 0.3 is 0 Å². The monoisotopic (exact) mass is 326 g/mol. The van der Waals surface area contributed by atoms with Gasteiger partial charge in [0.05, 0.1) is 0 Å². The van der Waals surface area contributed by atoms with Crippen LogP contribution in [-0.2, 0) is 0 Å². The molecule has 7 nitrogen and oxygen atoms in total. The van der Waals surface area contributed by atoms with Crippen molar-refractivity contribution in [3.8, 4) is 0 Å². The van der Waals surface area contributed by atoms with E-state index in [0.29, 0.717) is 11.8 Å². The van der Waals surface area contributed by atoms with E-state index in [2.05, 4.69) is 20.6 Å². The molecule has 1 aliphatic rings. The molecule has 24 heavy (non-hydrogen) atoms. The second-order valence-corrected chi connectivity index (χ2v) is 6.41. The van der Waals surface area contributed by atoms with Crippen LogP contribution < -0.4 is 22.1 Å². The maximum atomic E-state index is 11.6. The van der Waals surface area contributed by atoms with Crippen LogP contribution in [0.1, 0.15) is 35.7 Å². The van der Waals surface area contributed by atoms with Crippen molar-refractivity contribution in [2.24, 2.45) is 11.5 Å². The first-order valence-electron chi connectivity index (χ1n) is 7.93. The molecular formula is C17H22N6O. The molecule has 3 rings (SSSR count). The molecule has 1 atom stereocenters. The summed E-state index contributed by atoms with van der Waals surface area (Å²) in [4.78, 5) is 20.2. The molecule has 1 unspecified atom stereocenters. The Kier molecular flexibility index (Phi) is 4.11. The Labute approximate surface area is 140 Å². The average Bonchev–Trinajstić information content (AvgIpc) is 3.26. The van der Waals surface area contributed by atoms with Gasteiger partial charge in [-0.1, -0.05) is 12.1 Å². The molecule has 1 saturated carbocycles. The third kappa shape index (κ3) is 3.46. The molecule has 1 heterocycles. The third-order valence-corrected chi connectivity index (χ3v) is 4.37. The fourth-order valence-electron chi connectivity index (χ4n) is 2.50. The van der Waals surface area contributed by atoms with E-state index < -0.39 is 5.91 Å². The summed E-state index contributed by atoms with van der Waals surface area (Å²) in [6, 6.07) is 7.82. The van der Waals surface area contributed by atoms with Gasteiger partial charge in [-0.2, -0.15) is 4.98 Å². The van der Waals surface area contributed by atoms with Crippen LogP contribution in [0, 0.1) is 6.92 Å². The van der Waals surface area contributed by atoms with Crippen LogP contribution >= 0.6 is 0 Å². The zero-order chi connectivity index (χ0) is 17.3. The number of aryl methyl sites for hydroxylation is 1. The van der Waals surface area contributed by atoms with Gasteiger partial charge in [0.25, 0.3) is 5.91 Å². The first kappa shape index (κ1) is 16.2. The first-order valence-corrected chi connectivity index (χ1v) is 7.93. The van der Waals surface area contributed by atoms with E-state index >= 15 is 0 Å². The second kappa shape index (κ2) is 6.09. The van der Waals surface area contributed by atoms with E-state index in [1.807, 2.05) is 38.1 Å². The molecule has 6 N–H and O–H groups in total. The maximum Gasteiger partial charge on any atom is 0.254 e. The predicted octanol–water partition coefficient (Wildman–Crippen LogP) is 1.92. The lowest BCUT2D eigenvalue weighted by Crippen LogP contribution is -2.40. The third-order valence-electron chi connectivity index (χ3n) is 4.37. The van der Waals surface area contributed by atoms with E-state index in [1.165, 1.54) is 6.20 Å². The van der Waals surface area contributed by atoms with Gasteiger partial charge in [-0.15, -0.1) is 0 Å². The fraction of sp³-hybridized carbons (Fsp3) is 0.353. The Morgan fingerprint density at radius 2 is 2.12 bits per heavy atom. The van der Waals surface area contributed by atoms with Crippen molar-refractivity contribution in [3.63, 3.8) is 0 Å². The number of hydrogen-bond donors (Lipinski definition) is 4. The molecule has 0 radical (unpaired) electrons. The Morgan fingerprint density at radius 3 is 2.75 bits per heavy atom. The molecule has 1 aromatic carbocycles. The summed E-state index contributed by atoms with van der Waals surface area (Å²) in [5, 5.41) is 6.35. The Hall–Kier alpha value is -2.67. The number of anilines is 3. The average molecular weight is 326 g/mol. The van der Waals surface area contributed by atoms with E-state index in [1.54, 1.807) is 0 Å². The van der Waals surface area contributed by atoms with Crippen LogP contribution in [0.4, 0.5) is 17.5 Å². The Balaban J connectivity index is 1.87. The number of nitrogens with one attached hydrogen (secondary N) is 2. The molecule has 7 heteroatoms. The first-order chi connectivity index (χ1) is 11.4. The van der Waals surface area contributed by atoms with Crippen molar-refractivity contribution in [2.45, 2.75) is 38.3 Å². The van der Waals surface area contributed by atoms with Crippen LogP contribution in [0.2, 0.25) is 0 Å². The Bertz CT molecular complexity index is 771. The van der Waals surface area contributed by atoms with E-state index in [0.717, 1.165) is 24.1 Å². The van der Waals surface area contributed by atoms with Crippen LogP contribution in [0.5, 0.6) is 0 Å². The quantitative estimate of drug-likeness (QED) is 0.644. The Morgan fingerprint density at radius 1 is 1.38 bits per heavy atom. The predicted molar refractivity (Wildman–Crippen MR) is 94.2 cm³/mol. The standard InChI is InChI=1S/C17H22N6O/c1-10-4-3-5-12(8-10)22-15-13(14(18)24)9-20-16(23-15)21-11(2)17(19)6-7-17/h3-5,8-9,11H,6-7,19H2,1-2H3,(H2,18,24)(H2,20,21,22,23). The van der Waals surface area contributed by atoms with E-state index in [4.69, 9.17) is 11.5 Å². The second-order valence-electron chi connectivity index (χ2n) is 6.41. The summed E-state index contributed by atoms with van der Waals surface area (Å²) in [7, 11) is 0. The van der Waals surface area contributed by atoms with Gasteiger partial charge in [-0.05, 0) is 44.4 Å². The van der Waals surface area contributed by atoms with Crippen LogP contribution in [0.25, 0.3) is 0 Å². The number of carbonyl (C=O) groups is 1. The molecule has 0 bridgehead atoms. The summed E-state index contributed by atoms with van der Waals surface area (Å²) < 4.78 is 0. The van der Waals surface area contributed by atoms with Crippen LogP contribution in [0.15, 0.2) is 30.5 Å². The van der Waals surface area contributed by atoms with Gasteiger partial charge in [0.2, 0.25) is 5.95 Å². The number of primary amides is 1. The van der Waals surface area contributed by atoms with Gasteiger partial charge < -0.3 is 22.1 Å². The molecule has 2 aromatic rings. The normalized spacial score (nSPS) is 16.3. The topological polar surface area (TPSA) is 119 Å². The van der Waals surface area contributed by atoms with Gasteiger partial charge in [-0.3, -0.25) is 4.79 Å². The number of hydrogen-bond acceptors (Lipinski definition) is 6. The summed E-state index contributed by atoms with van der Waals surface area (Å²) in [6.07, 6.45) is 3.39. The van der Waals surface area contributed by atoms with Crippen molar-refractivity contribution in [1.82, 2.24) is 9.97 Å². The van der Waals surface area contributed by atoms with Gasteiger partial charge in [-0.25, -0.2) is 4.98 Å². The van der Waals surface area contributed by atoms with E-state index in [9.17, 15) is 4.79 Å². The molecule has 1 aromatic heterocycles. The molecule has 126 valence electrons. The minimum absolute atomic E-state index is 0.0451. The molecule has 0 spiro atoms. The van der Waals surface area contributed by atoms with Crippen molar-refractivity contribution in [1.29, 1.82) is 0 Å². The molecule has 0 aliphatic heterocycles. The lowest BCUT2D eigenvalue weighted by atomic mass is 10.1. The molecule has 1 aliphatic carbocycles. The minimum atomic E-state index is -0.581. The van der Waals surface area contributed by atoms with Crippen molar-refractivity contribution < 1.29 is 4.79 Å². The summed E-state index contributed by atoms with van der Waals surface area (Å²) in [5.41, 5.74) is 13.6. The highest BCUT2D eigenvalue weighted by atomic mass is 16.1.